The van der Waals surface area contributed by atoms with Crippen LogP contribution >= 0.6 is 0 Å². The van der Waals surface area contributed by atoms with Gasteiger partial charge in [0.2, 0.25) is 0 Å². The highest BCUT2D eigenvalue weighted by Gasteiger charge is 2.34. The highest BCUT2D eigenvalue weighted by atomic mass is 19.4. The Kier molecular flexibility index (Phi) is 6.08. The molecule has 140 valence electrons. The molecule has 0 amide bonds. The Bertz CT molecular complexity index is 754. The number of alkyl halides is 3. The fourth-order valence-electron chi connectivity index (χ4n) is 2.80. The van der Waals surface area contributed by atoms with Crippen molar-refractivity contribution in [1.82, 2.24) is 0 Å². The van der Waals surface area contributed by atoms with Gasteiger partial charge < -0.3 is 9.84 Å². The molecule has 0 saturated heterocycles. The van der Waals surface area contributed by atoms with Gasteiger partial charge in [-0.25, -0.2) is 0 Å². The molecular formula is C20H21F3O3. The van der Waals surface area contributed by atoms with Gasteiger partial charge in [-0.2, -0.15) is 13.2 Å². The summed E-state index contributed by atoms with van der Waals surface area (Å²) < 4.78 is 43.8. The summed E-state index contributed by atoms with van der Waals surface area (Å²) >= 11 is 0. The molecule has 0 saturated carbocycles. The molecule has 1 unspecified atom stereocenters. The summed E-state index contributed by atoms with van der Waals surface area (Å²) in [6, 6.07) is 11.3. The van der Waals surface area contributed by atoms with Crippen LogP contribution in [0.15, 0.2) is 48.5 Å². The quantitative estimate of drug-likeness (QED) is 0.768. The Morgan fingerprint density at radius 3 is 2.15 bits per heavy atom. The first kappa shape index (κ1) is 20.0. The third-order valence-corrected chi connectivity index (χ3v) is 4.26. The Labute approximate surface area is 150 Å². The second-order valence-electron chi connectivity index (χ2n) is 5.97. The van der Waals surface area contributed by atoms with E-state index in [-0.39, 0.29) is 24.4 Å². The lowest BCUT2D eigenvalue weighted by Gasteiger charge is -2.29. The molecular weight excluding hydrogens is 345 g/mol. The molecule has 0 spiro atoms. The van der Waals surface area contributed by atoms with Gasteiger partial charge in [0, 0.05) is 0 Å². The molecule has 0 aliphatic heterocycles. The smallest absolute Gasteiger partial charge is 0.416 e. The number of hydrogen-bond acceptors (Lipinski definition) is 3. The Balaban J connectivity index is 2.33. The van der Waals surface area contributed by atoms with E-state index in [1.807, 2.05) is 0 Å². The van der Waals surface area contributed by atoms with Crippen molar-refractivity contribution in [3.8, 4) is 0 Å². The number of carbonyl (C=O) groups excluding carboxylic acids is 1. The third kappa shape index (κ3) is 4.43. The highest BCUT2D eigenvalue weighted by molar-refractivity contribution is 5.72. The van der Waals surface area contributed by atoms with Gasteiger partial charge in [-0.1, -0.05) is 43.3 Å². The van der Waals surface area contributed by atoms with Crippen molar-refractivity contribution >= 4 is 5.97 Å². The van der Waals surface area contributed by atoms with Crippen LogP contribution in [-0.4, -0.2) is 17.7 Å². The predicted molar refractivity (Wildman–Crippen MR) is 91.5 cm³/mol. The number of benzene rings is 2. The number of aliphatic hydroxyl groups is 1. The summed E-state index contributed by atoms with van der Waals surface area (Å²) in [6.45, 7) is 3.71. The summed E-state index contributed by atoms with van der Waals surface area (Å²) in [5.74, 6) is -0.358. The van der Waals surface area contributed by atoms with E-state index in [4.69, 9.17) is 4.74 Å². The minimum absolute atomic E-state index is 0.0994. The molecule has 0 heterocycles. The van der Waals surface area contributed by atoms with Crippen molar-refractivity contribution in [2.75, 3.05) is 6.61 Å². The molecule has 3 nitrogen and oxygen atoms in total. The van der Waals surface area contributed by atoms with Crippen LogP contribution in [0.1, 0.15) is 42.5 Å². The van der Waals surface area contributed by atoms with Gasteiger partial charge in [-0.05, 0) is 42.2 Å². The normalized spacial score (nSPS) is 13.9. The number of ether oxygens (including phenoxy) is 1. The Morgan fingerprint density at radius 2 is 1.62 bits per heavy atom. The average Bonchev–Trinajstić information content (AvgIpc) is 2.61. The topological polar surface area (TPSA) is 46.5 Å². The summed E-state index contributed by atoms with van der Waals surface area (Å²) in [6.07, 6.45) is -4.18. The maximum absolute atomic E-state index is 13.0. The van der Waals surface area contributed by atoms with E-state index in [1.165, 1.54) is 12.1 Å². The second kappa shape index (κ2) is 7.91. The minimum Gasteiger partial charge on any atom is -0.466 e. The fraction of sp³-hybridized carbons (Fsp3) is 0.350. The molecule has 0 aliphatic rings. The van der Waals surface area contributed by atoms with E-state index in [1.54, 1.807) is 38.1 Å². The van der Waals surface area contributed by atoms with E-state index in [0.717, 1.165) is 12.1 Å². The summed E-state index contributed by atoms with van der Waals surface area (Å²) in [5.41, 5.74) is -1.01. The Hall–Kier alpha value is -2.34. The standard InChI is InChI=1S/C20H21F3O3/c1-3-19(25,16-6-5-7-17(13-16)20(21,22)23)15-10-8-14(9-11-15)12-18(24)26-4-2/h5-11,13,25H,3-4,12H2,1-2H3. The first-order valence-electron chi connectivity index (χ1n) is 8.36. The van der Waals surface area contributed by atoms with Gasteiger partial charge in [0.25, 0.3) is 0 Å². The van der Waals surface area contributed by atoms with Crippen molar-refractivity contribution in [2.45, 2.75) is 38.5 Å². The van der Waals surface area contributed by atoms with Crippen LogP contribution in [0.25, 0.3) is 0 Å². The zero-order valence-electron chi connectivity index (χ0n) is 14.6. The van der Waals surface area contributed by atoms with Gasteiger partial charge in [0.1, 0.15) is 5.60 Å². The first-order chi connectivity index (χ1) is 12.2. The average molecular weight is 366 g/mol. The number of carbonyl (C=O) groups is 1. The van der Waals surface area contributed by atoms with Crippen molar-refractivity contribution in [3.63, 3.8) is 0 Å². The molecule has 0 fully saturated rings. The van der Waals surface area contributed by atoms with Gasteiger partial charge >= 0.3 is 12.1 Å². The van der Waals surface area contributed by atoms with Crippen molar-refractivity contribution < 1.29 is 27.8 Å². The highest BCUT2D eigenvalue weighted by Crippen LogP contribution is 2.36. The second-order valence-corrected chi connectivity index (χ2v) is 5.97. The lowest BCUT2D eigenvalue weighted by atomic mass is 9.83. The van der Waals surface area contributed by atoms with Crippen LogP contribution in [0, 0.1) is 0 Å². The summed E-state index contributed by atoms with van der Waals surface area (Å²) in [5, 5.41) is 11.1. The van der Waals surface area contributed by atoms with E-state index in [9.17, 15) is 23.1 Å². The molecule has 1 atom stereocenters. The van der Waals surface area contributed by atoms with Crippen molar-refractivity contribution in [2.24, 2.45) is 0 Å². The number of hydrogen-bond donors (Lipinski definition) is 1. The maximum Gasteiger partial charge on any atom is 0.416 e. The third-order valence-electron chi connectivity index (χ3n) is 4.26. The number of rotatable bonds is 6. The van der Waals surface area contributed by atoms with E-state index in [2.05, 4.69) is 0 Å². The molecule has 2 aromatic carbocycles. The van der Waals surface area contributed by atoms with Crippen LogP contribution in [0.3, 0.4) is 0 Å². The minimum atomic E-state index is -4.48. The van der Waals surface area contributed by atoms with Crippen LogP contribution < -0.4 is 0 Å². The van der Waals surface area contributed by atoms with Crippen LogP contribution in [0.5, 0.6) is 0 Å². The molecule has 0 radical (unpaired) electrons. The molecule has 0 aromatic heterocycles. The van der Waals surface area contributed by atoms with E-state index >= 15 is 0 Å². The number of esters is 1. The fourth-order valence-corrected chi connectivity index (χ4v) is 2.80. The Morgan fingerprint density at radius 1 is 1.00 bits per heavy atom. The zero-order valence-corrected chi connectivity index (χ0v) is 14.6. The lowest BCUT2D eigenvalue weighted by molar-refractivity contribution is -0.142. The lowest BCUT2D eigenvalue weighted by Crippen LogP contribution is -2.27. The van der Waals surface area contributed by atoms with Crippen LogP contribution in [-0.2, 0) is 27.7 Å². The van der Waals surface area contributed by atoms with Crippen molar-refractivity contribution in [1.29, 1.82) is 0 Å². The summed E-state index contributed by atoms with van der Waals surface area (Å²) in [4.78, 5) is 11.5. The van der Waals surface area contributed by atoms with E-state index < -0.39 is 17.3 Å². The van der Waals surface area contributed by atoms with Gasteiger partial charge in [0.15, 0.2) is 0 Å². The maximum atomic E-state index is 13.0. The van der Waals surface area contributed by atoms with E-state index in [0.29, 0.717) is 17.7 Å². The van der Waals surface area contributed by atoms with Gasteiger partial charge in [0.05, 0.1) is 18.6 Å². The SMILES string of the molecule is CCOC(=O)Cc1ccc(C(O)(CC)c2cccc(C(F)(F)F)c2)cc1. The number of halogens is 3. The zero-order chi connectivity index (χ0) is 19.4. The summed E-state index contributed by atoms with van der Waals surface area (Å²) in [7, 11) is 0. The molecule has 2 aromatic rings. The molecule has 0 aliphatic carbocycles. The molecule has 6 heteroatoms. The molecule has 26 heavy (non-hydrogen) atoms. The van der Waals surface area contributed by atoms with Gasteiger partial charge in [-0.15, -0.1) is 0 Å². The first-order valence-corrected chi connectivity index (χ1v) is 8.36. The predicted octanol–water partition coefficient (Wildman–Crippen LogP) is 4.46. The van der Waals surface area contributed by atoms with Crippen LogP contribution in [0.2, 0.25) is 0 Å². The molecule has 1 N–H and O–H groups in total. The van der Waals surface area contributed by atoms with Gasteiger partial charge in [-0.3, -0.25) is 4.79 Å². The monoisotopic (exact) mass is 366 g/mol. The molecule has 2 rings (SSSR count). The van der Waals surface area contributed by atoms with Crippen LogP contribution in [0.4, 0.5) is 13.2 Å². The largest absolute Gasteiger partial charge is 0.466 e. The van der Waals surface area contributed by atoms with Crippen molar-refractivity contribution in [3.05, 3.63) is 70.8 Å². The molecule has 0 bridgehead atoms.